The number of rotatable bonds is 6. The van der Waals surface area contributed by atoms with Gasteiger partial charge in [0.05, 0.1) is 0 Å². The van der Waals surface area contributed by atoms with Crippen molar-refractivity contribution in [3.8, 4) is 0 Å². The average Bonchev–Trinajstić information content (AvgIpc) is 2.54. The number of aryl methyl sites for hydroxylation is 2. The number of carbonyl (C=O) groups is 1. The second-order valence-electron chi connectivity index (χ2n) is 5.48. The lowest BCUT2D eigenvalue weighted by atomic mass is 10.1. The van der Waals surface area contributed by atoms with Gasteiger partial charge in [0.2, 0.25) is 5.95 Å². The van der Waals surface area contributed by atoms with E-state index in [0.29, 0.717) is 18.2 Å². The van der Waals surface area contributed by atoms with E-state index in [9.17, 15) is 4.79 Å². The van der Waals surface area contributed by atoms with E-state index >= 15 is 0 Å². The molecule has 5 heteroatoms. The van der Waals surface area contributed by atoms with Crippen molar-refractivity contribution in [1.82, 2.24) is 15.3 Å². The van der Waals surface area contributed by atoms with Crippen LogP contribution in [0.5, 0.6) is 0 Å². The van der Waals surface area contributed by atoms with Gasteiger partial charge in [0, 0.05) is 25.3 Å². The molecule has 0 saturated heterocycles. The molecule has 5 nitrogen and oxygen atoms in total. The summed E-state index contributed by atoms with van der Waals surface area (Å²) < 4.78 is 0. The van der Waals surface area contributed by atoms with Gasteiger partial charge in [-0.15, -0.1) is 0 Å². The van der Waals surface area contributed by atoms with E-state index < -0.39 is 0 Å². The maximum absolute atomic E-state index is 12.4. The minimum absolute atomic E-state index is 0.174. The zero-order valence-electron chi connectivity index (χ0n) is 14.3. The first-order valence-corrected chi connectivity index (χ1v) is 7.98. The average molecular weight is 312 g/mol. The number of hydrogen-bond acceptors (Lipinski definition) is 4. The van der Waals surface area contributed by atoms with E-state index in [1.54, 1.807) is 6.07 Å². The predicted octanol–water partition coefficient (Wildman–Crippen LogP) is 2.87. The Morgan fingerprint density at radius 3 is 2.48 bits per heavy atom. The van der Waals surface area contributed by atoms with Crippen LogP contribution in [0.4, 0.5) is 5.95 Å². The summed E-state index contributed by atoms with van der Waals surface area (Å²) in [5, 5.41) is 2.94. The van der Waals surface area contributed by atoms with Crippen LogP contribution in [0.3, 0.4) is 0 Å². The van der Waals surface area contributed by atoms with Crippen molar-refractivity contribution in [2.45, 2.75) is 34.2 Å². The summed E-state index contributed by atoms with van der Waals surface area (Å²) in [6.07, 6.45) is 0. The van der Waals surface area contributed by atoms with E-state index in [-0.39, 0.29) is 5.91 Å². The van der Waals surface area contributed by atoms with E-state index in [4.69, 9.17) is 0 Å². The van der Waals surface area contributed by atoms with Crippen LogP contribution in [-0.4, -0.2) is 29.0 Å². The van der Waals surface area contributed by atoms with Crippen molar-refractivity contribution in [3.63, 3.8) is 0 Å². The zero-order valence-corrected chi connectivity index (χ0v) is 14.3. The van der Waals surface area contributed by atoms with Crippen molar-refractivity contribution >= 4 is 11.9 Å². The molecule has 0 spiro atoms. The first-order valence-electron chi connectivity index (χ1n) is 7.98. The van der Waals surface area contributed by atoms with Crippen LogP contribution in [0, 0.1) is 13.8 Å². The number of carbonyl (C=O) groups excluding carboxylic acids is 1. The molecule has 122 valence electrons. The molecule has 0 atom stereocenters. The van der Waals surface area contributed by atoms with Gasteiger partial charge in [-0.25, -0.2) is 9.97 Å². The number of benzene rings is 1. The van der Waals surface area contributed by atoms with Crippen molar-refractivity contribution in [2.75, 3.05) is 18.0 Å². The summed E-state index contributed by atoms with van der Waals surface area (Å²) in [6, 6.07) is 9.74. The molecular formula is C18H24N4O. The molecule has 0 aliphatic heterocycles. The fraction of sp³-hybridized carbons (Fsp3) is 0.389. The number of anilines is 1. The zero-order chi connectivity index (χ0) is 16.8. The summed E-state index contributed by atoms with van der Waals surface area (Å²) in [7, 11) is 0. The third kappa shape index (κ3) is 4.28. The second kappa shape index (κ2) is 7.72. The molecular weight excluding hydrogens is 288 g/mol. The third-order valence-electron chi connectivity index (χ3n) is 3.82. The largest absolute Gasteiger partial charge is 0.347 e. The minimum Gasteiger partial charge on any atom is -0.347 e. The van der Waals surface area contributed by atoms with Crippen molar-refractivity contribution in [3.05, 3.63) is 52.8 Å². The molecule has 1 aromatic carbocycles. The molecule has 0 bridgehead atoms. The van der Waals surface area contributed by atoms with Gasteiger partial charge >= 0.3 is 0 Å². The Labute approximate surface area is 137 Å². The Kier molecular flexibility index (Phi) is 5.68. The molecule has 0 unspecified atom stereocenters. The highest BCUT2D eigenvalue weighted by Gasteiger charge is 2.13. The van der Waals surface area contributed by atoms with Gasteiger partial charge in [0.25, 0.3) is 5.91 Å². The normalized spacial score (nSPS) is 10.4. The van der Waals surface area contributed by atoms with E-state index in [1.807, 2.05) is 56.9 Å². The van der Waals surface area contributed by atoms with Crippen LogP contribution in [0.15, 0.2) is 30.3 Å². The van der Waals surface area contributed by atoms with Crippen LogP contribution < -0.4 is 10.2 Å². The molecule has 2 aromatic rings. The number of hydrogen-bond donors (Lipinski definition) is 1. The van der Waals surface area contributed by atoms with Crippen molar-refractivity contribution in [1.29, 1.82) is 0 Å². The van der Waals surface area contributed by atoms with Crippen LogP contribution >= 0.6 is 0 Å². The molecule has 1 heterocycles. The number of aromatic nitrogens is 2. The molecule has 23 heavy (non-hydrogen) atoms. The molecule has 1 aromatic heterocycles. The van der Waals surface area contributed by atoms with Crippen molar-refractivity contribution in [2.24, 2.45) is 0 Å². The van der Waals surface area contributed by atoms with E-state index in [2.05, 4.69) is 15.3 Å². The number of amides is 1. The van der Waals surface area contributed by atoms with Crippen LogP contribution in [-0.2, 0) is 6.54 Å². The summed E-state index contributed by atoms with van der Waals surface area (Å²) in [5.41, 5.74) is 3.47. The van der Waals surface area contributed by atoms with Gasteiger partial charge in [-0.1, -0.05) is 24.3 Å². The van der Waals surface area contributed by atoms with Crippen LogP contribution in [0.25, 0.3) is 0 Å². The molecule has 1 amide bonds. The van der Waals surface area contributed by atoms with Crippen LogP contribution in [0.2, 0.25) is 0 Å². The Bertz CT molecular complexity index is 680. The van der Waals surface area contributed by atoms with Crippen LogP contribution in [0.1, 0.15) is 41.2 Å². The molecule has 0 aliphatic rings. The van der Waals surface area contributed by atoms with E-state index in [1.165, 1.54) is 0 Å². The fourth-order valence-corrected chi connectivity index (χ4v) is 2.39. The summed E-state index contributed by atoms with van der Waals surface area (Å²) in [5.74, 6) is 0.434. The second-order valence-corrected chi connectivity index (χ2v) is 5.48. The standard InChI is InChI=1S/C18H24N4O/c1-5-22(6-2)18-20-14(4)11-16(21-18)17(23)19-12-15-10-8-7-9-13(15)3/h7-11H,5-6,12H2,1-4H3,(H,19,23). The third-order valence-corrected chi connectivity index (χ3v) is 3.82. The Morgan fingerprint density at radius 2 is 1.83 bits per heavy atom. The monoisotopic (exact) mass is 312 g/mol. The molecule has 1 N–H and O–H groups in total. The first-order chi connectivity index (χ1) is 11.0. The number of nitrogens with one attached hydrogen (secondary N) is 1. The van der Waals surface area contributed by atoms with E-state index in [0.717, 1.165) is 29.9 Å². The summed E-state index contributed by atoms with van der Waals surface area (Å²) >= 11 is 0. The summed E-state index contributed by atoms with van der Waals surface area (Å²) in [4.78, 5) is 23.3. The number of nitrogens with zero attached hydrogens (tertiary/aromatic N) is 3. The lowest BCUT2D eigenvalue weighted by Gasteiger charge is -2.19. The molecule has 2 rings (SSSR count). The highest BCUT2D eigenvalue weighted by Crippen LogP contribution is 2.11. The SMILES string of the molecule is CCN(CC)c1nc(C)cc(C(=O)NCc2ccccc2C)n1. The quantitative estimate of drug-likeness (QED) is 0.891. The van der Waals surface area contributed by atoms with Gasteiger partial charge in [-0.3, -0.25) is 4.79 Å². The first kappa shape index (κ1) is 16.9. The lowest BCUT2D eigenvalue weighted by Crippen LogP contribution is -2.28. The minimum atomic E-state index is -0.174. The molecule has 0 aliphatic carbocycles. The van der Waals surface area contributed by atoms with Gasteiger partial charge in [-0.2, -0.15) is 0 Å². The topological polar surface area (TPSA) is 58.1 Å². The fourth-order valence-electron chi connectivity index (χ4n) is 2.39. The highest BCUT2D eigenvalue weighted by molar-refractivity contribution is 5.92. The predicted molar refractivity (Wildman–Crippen MR) is 92.7 cm³/mol. The summed E-state index contributed by atoms with van der Waals surface area (Å²) in [6.45, 7) is 10.1. The maximum atomic E-state index is 12.4. The van der Waals surface area contributed by atoms with Gasteiger partial charge < -0.3 is 10.2 Å². The lowest BCUT2D eigenvalue weighted by molar-refractivity contribution is 0.0945. The Morgan fingerprint density at radius 1 is 1.13 bits per heavy atom. The molecule has 0 radical (unpaired) electrons. The van der Waals surface area contributed by atoms with Gasteiger partial charge in [-0.05, 0) is 44.9 Å². The van der Waals surface area contributed by atoms with Crippen molar-refractivity contribution < 1.29 is 4.79 Å². The van der Waals surface area contributed by atoms with Gasteiger partial charge in [0.1, 0.15) is 5.69 Å². The molecule has 0 fully saturated rings. The Balaban J connectivity index is 2.14. The van der Waals surface area contributed by atoms with Gasteiger partial charge in [0.15, 0.2) is 0 Å². The maximum Gasteiger partial charge on any atom is 0.270 e. The smallest absolute Gasteiger partial charge is 0.270 e. The highest BCUT2D eigenvalue weighted by atomic mass is 16.1. The Hall–Kier alpha value is -2.43. The molecule has 0 saturated carbocycles.